The van der Waals surface area contributed by atoms with Gasteiger partial charge in [0.15, 0.2) is 11.4 Å². The van der Waals surface area contributed by atoms with Crippen molar-refractivity contribution in [3.8, 4) is 17.0 Å². The summed E-state index contributed by atoms with van der Waals surface area (Å²) in [7, 11) is 0. The Bertz CT molecular complexity index is 1630. The Morgan fingerprint density at radius 3 is 2.76 bits per heavy atom. The number of phenols is 1. The monoisotopic (exact) mass is 519 g/mol. The van der Waals surface area contributed by atoms with Crippen molar-refractivity contribution in [1.82, 2.24) is 20.3 Å². The summed E-state index contributed by atoms with van der Waals surface area (Å²) in [4.78, 5) is 27.5. The van der Waals surface area contributed by atoms with Crippen LogP contribution in [0.4, 0.5) is 19.4 Å². The van der Waals surface area contributed by atoms with E-state index in [0.717, 1.165) is 0 Å². The number of hydrogen-bond donors (Lipinski definition) is 2. The van der Waals surface area contributed by atoms with E-state index in [1.165, 1.54) is 24.4 Å². The lowest BCUT2D eigenvalue weighted by atomic mass is 9.94. The number of fused-ring (bicyclic) bond motifs is 2. The largest absolute Gasteiger partial charge is 0.508 e. The van der Waals surface area contributed by atoms with Crippen LogP contribution in [0.15, 0.2) is 30.5 Å². The minimum atomic E-state index is -0.672. The standard InChI is InChI=1S/C28H27F2N5O3/c1-4-17-20(29)6-5-15-9-16(36)10-18(21(15)17)23-22(30)24-19(11-31-23)26(34-25(33-24)14(2)3)35-8-7-28(13-35)12-32-27(37)38-28/h5-6,9-11,14,36H,4,7-8,12-13H2,1-3H3,(H,32,37). The molecule has 1 unspecified atom stereocenters. The normalized spacial score (nSPS) is 19.2. The maximum Gasteiger partial charge on any atom is 0.407 e. The van der Waals surface area contributed by atoms with Crippen molar-refractivity contribution in [3.63, 3.8) is 0 Å². The van der Waals surface area contributed by atoms with Gasteiger partial charge in [-0.15, -0.1) is 0 Å². The van der Waals surface area contributed by atoms with Crippen LogP contribution in [-0.2, 0) is 11.2 Å². The Kier molecular flexibility index (Phi) is 5.59. The van der Waals surface area contributed by atoms with E-state index >= 15 is 4.39 Å². The first-order chi connectivity index (χ1) is 18.2. The van der Waals surface area contributed by atoms with Crippen molar-refractivity contribution in [2.45, 2.75) is 45.1 Å². The van der Waals surface area contributed by atoms with Crippen LogP contribution >= 0.6 is 0 Å². The number of pyridine rings is 1. The number of amides is 1. The molecule has 6 rings (SSSR count). The number of hydrogen-bond acceptors (Lipinski definition) is 7. The lowest BCUT2D eigenvalue weighted by molar-refractivity contribution is 0.0745. The second-order valence-corrected chi connectivity index (χ2v) is 10.3. The highest BCUT2D eigenvalue weighted by Gasteiger charge is 2.46. The molecule has 4 aromatic rings. The van der Waals surface area contributed by atoms with Crippen molar-refractivity contribution in [3.05, 3.63) is 53.5 Å². The van der Waals surface area contributed by atoms with Gasteiger partial charge in [0.05, 0.1) is 18.5 Å². The summed E-state index contributed by atoms with van der Waals surface area (Å²) in [6, 6.07) is 5.86. The Balaban J connectivity index is 1.56. The van der Waals surface area contributed by atoms with Crippen LogP contribution in [0, 0.1) is 11.6 Å². The van der Waals surface area contributed by atoms with Crippen molar-refractivity contribution >= 4 is 33.6 Å². The summed E-state index contributed by atoms with van der Waals surface area (Å²) in [6.07, 6.45) is 2.08. The third-order valence-corrected chi connectivity index (χ3v) is 7.44. The van der Waals surface area contributed by atoms with E-state index in [9.17, 15) is 14.3 Å². The first-order valence-electron chi connectivity index (χ1n) is 12.7. The highest BCUT2D eigenvalue weighted by Crippen LogP contribution is 2.40. The fraction of sp³-hybridized carbons (Fsp3) is 0.357. The van der Waals surface area contributed by atoms with Gasteiger partial charge in [0.2, 0.25) is 0 Å². The van der Waals surface area contributed by atoms with Crippen LogP contribution in [0.3, 0.4) is 0 Å². The van der Waals surface area contributed by atoms with Crippen LogP contribution < -0.4 is 10.2 Å². The lowest BCUT2D eigenvalue weighted by Crippen LogP contribution is -2.37. The average molecular weight is 520 g/mol. The molecule has 10 heteroatoms. The Labute approximate surface area is 217 Å². The zero-order valence-corrected chi connectivity index (χ0v) is 21.3. The molecule has 0 radical (unpaired) electrons. The highest BCUT2D eigenvalue weighted by atomic mass is 19.1. The predicted octanol–water partition coefficient (Wildman–Crippen LogP) is 5.20. The third-order valence-electron chi connectivity index (χ3n) is 7.44. The molecule has 2 aromatic carbocycles. The maximum absolute atomic E-state index is 16.4. The van der Waals surface area contributed by atoms with Crippen LogP contribution in [-0.4, -0.2) is 51.4 Å². The number of halogens is 2. The van der Waals surface area contributed by atoms with Gasteiger partial charge >= 0.3 is 6.09 Å². The zero-order chi connectivity index (χ0) is 26.8. The van der Waals surface area contributed by atoms with E-state index in [1.54, 1.807) is 6.07 Å². The molecular formula is C28H27F2N5O3. The van der Waals surface area contributed by atoms with Gasteiger partial charge < -0.3 is 20.1 Å². The van der Waals surface area contributed by atoms with Gasteiger partial charge in [-0.2, -0.15) is 0 Å². The van der Waals surface area contributed by atoms with Crippen LogP contribution in [0.25, 0.3) is 32.9 Å². The summed E-state index contributed by atoms with van der Waals surface area (Å²) in [5.74, 6) is -0.237. The SMILES string of the molecule is CCc1c(F)ccc2cc(O)cc(-c3ncc4c(N5CCC6(CNC(=O)O6)C5)nc(C(C)C)nc4c3F)c12. The molecule has 38 heavy (non-hydrogen) atoms. The number of nitrogens with zero attached hydrogens (tertiary/aromatic N) is 4. The van der Waals surface area contributed by atoms with Gasteiger partial charge in [0.25, 0.3) is 0 Å². The number of rotatable bonds is 4. The van der Waals surface area contributed by atoms with Gasteiger partial charge in [0, 0.05) is 30.6 Å². The molecule has 1 atom stereocenters. The molecule has 4 heterocycles. The molecule has 2 N–H and O–H groups in total. The van der Waals surface area contributed by atoms with Gasteiger partial charge in [0.1, 0.15) is 34.4 Å². The number of alkyl carbamates (subject to hydrolysis) is 1. The van der Waals surface area contributed by atoms with Crippen molar-refractivity contribution in [1.29, 1.82) is 0 Å². The molecule has 196 valence electrons. The number of benzene rings is 2. The van der Waals surface area contributed by atoms with Crippen molar-refractivity contribution in [2.75, 3.05) is 24.5 Å². The van der Waals surface area contributed by atoms with Gasteiger partial charge in [-0.25, -0.2) is 23.5 Å². The summed E-state index contributed by atoms with van der Waals surface area (Å²) < 4.78 is 36.7. The number of aryl methyl sites for hydroxylation is 1. The quantitative estimate of drug-likeness (QED) is 0.382. The smallest absolute Gasteiger partial charge is 0.407 e. The predicted molar refractivity (Wildman–Crippen MR) is 139 cm³/mol. The number of ether oxygens (including phenoxy) is 1. The molecule has 0 aliphatic carbocycles. The lowest BCUT2D eigenvalue weighted by Gasteiger charge is -2.24. The first-order valence-corrected chi connectivity index (χ1v) is 12.7. The molecule has 0 bridgehead atoms. The fourth-order valence-corrected chi connectivity index (χ4v) is 5.53. The summed E-state index contributed by atoms with van der Waals surface area (Å²) in [6.45, 7) is 7.07. The molecular weight excluding hydrogens is 492 g/mol. The minimum Gasteiger partial charge on any atom is -0.508 e. The van der Waals surface area contributed by atoms with E-state index < -0.39 is 23.3 Å². The van der Waals surface area contributed by atoms with Crippen LogP contribution in [0.1, 0.15) is 44.5 Å². The number of carbonyl (C=O) groups is 1. The molecule has 1 spiro atoms. The molecule has 2 aliphatic rings. The molecule has 2 fully saturated rings. The Hall–Kier alpha value is -4.08. The van der Waals surface area contributed by atoms with Crippen molar-refractivity contribution in [2.24, 2.45) is 0 Å². The van der Waals surface area contributed by atoms with E-state index in [0.29, 0.717) is 71.4 Å². The second kappa shape index (κ2) is 8.75. The fourth-order valence-electron chi connectivity index (χ4n) is 5.53. The van der Waals surface area contributed by atoms with E-state index in [-0.39, 0.29) is 22.9 Å². The zero-order valence-electron chi connectivity index (χ0n) is 21.3. The first kappa shape index (κ1) is 24.3. The van der Waals surface area contributed by atoms with Crippen LogP contribution in [0.2, 0.25) is 0 Å². The summed E-state index contributed by atoms with van der Waals surface area (Å²) in [5.41, 5.74) is 0.138. The number of nitrogens with one attached hydrogen (secondary N) is 1. The van der Waals surface area contributed by atoms with E-state index in [1.807, 2.05) is 25.7 Å². The van der Waals surface area contributed by atoms with Gasteiger partial charge in [-0.3, -0.25) is 4.98 Å². The number of anilines is 1. The molecule has 8 nitrogen and oxygen atoms in total. The Morgan fingerprint density at radius 2 is 2.05 bits per heavy atom. The summed E-state index contributed by atoms with van der Waals surface area (Å²) in [5, 5.41) is 14.7. The van der Waals surface area contributed by atoms with Gasteiger partial charge in [-0.05, 0) is 41.0 Å². The van der Waals surface area contributed by atoms with Crippen LogP contribution in [0.5, 0.6) is 5.75 Å². The highest BCUT2D eigenvalue weighted by molar-refractivity contribution is 6.01. The molecule has 1 amide bonds. The van der Waals surface area contributed by atoms with Crippen molar-refractivity contribution < 1.29 is 23.4 Å². The second-order valence-electron chi connectivity index (χ2n) is 10.3. The Morgan fingerprint density at radius 1 is 1.24 bits per heavy atom. The van der Waals surface area contributed by atoms with Gasteiger partial charge in [-0.1, -0.05) is 26.8 Å². The number of phenolic OH excluding ortho intramolecular Hbond substituents is 1. The molecule has 2 aliphatic heterocycles. The minimum absolute atomic E-state index is 0.0233. The third kappa shape index (κ3) is 3.77. The molecule has 2 aromatic heterocycles. The average Bonchev–Trinajstić information content (AvgIpc) is 3.48. The summed E-state index contributed by atoms with van der Waals surface area (Å²) >= 11 is 0. The number of aromatic hydroxyl groups is 1. The topological polar surface area (TPSA) is 100 Å². The molecule has 2 saturated heterocycles. The van der Waals surface area contributed by atoms with E-state index in [2.05, 4.69) is 15.3 Å². The maximum atomic E-state index is 16.4. The number of carbonyl (C=O) groups excluding carboxylic acids is 1. The molecule has 0 saturated carbocycles. The number of aromatic nitrogens is 3. The van der Waals surface area contributed by atoms with E-state index in [4.69, 9.17) is 9.72 Å².